The molecule has 0 unspecified atom stereocenters. The number of hydrogen-bond acceptors (Lipinski definition) is 8. The summed E-state index contributed by atoms with van der Waals surface area (Å²) in [6.45, 7) is 8.18. The van der Waals surface area contributed by atoms with E-state index in [-0.39, 0.29) is 24.1 Å². The van der Waals surface area contributed by atoms with Crippen molar-refractivity contribution in [3.05, 3.63) is 106 Å². The van der Waals surface area contributed by atoms with Crippen LogP contribution in [0, 0.1) is 18.6 Å². The van der Waals surface area contributed by atoms with Crippen molar-refractivity contribution in [1.29, 1.82) is 0 Å². The summed E-state index contributed by atoms with van der Waals surface area (Å²) in [6, 6.07) is 14.3. The highest BCUT2D eigenvalue weighted by Gasteiger charge is 2.34. The fourth-order valence-corrected chi connectivity index (χ4v) is 4.77. The molecule has 256 valence electrons. The number of halogens is 2. The van der Waals surface area contributed by atoms with Crippen LogP contribution in [0.2, 0.25) is 0 Å². The number of aromatic nitrogens is 2. The quantitative estimate of drug-likeness (QED) is 0.150. The number of urea groups is 1. The van der Waals surface area contributed by atoms with Gasteiger partial charge in [-0.05, 0) is 95.9 Å². The number of Topliss-reactive ketones (excluding diaryl/α,β-unsaturated/α-hetero) is 1. The number of benzene rings is 3. The number of nitrogens with two attached hydrogens (primary N) is 1. The maximum Gasteiger partial charge on any atom is 0.328 e. The fraction of sp³-hybridized carbons (Fsp3) is 0.250. The first-order valence-electron chi connectivity index (χ1n) is 15.5. The largest absolute Gasteiger partial charge is 0.403 e. The van der Waals surface area contributed by atoms with Gasteiger partial charge in [0, 0.05) is 46.7 Å². The normalized spacial score (nSPS) is 12.5. The van der Waals surface area contributed by atoms with Gasteiger partial charge < -0.3 is 26.6 Å². The van der Waals surface area contributed by atoms with Crippen molar-refractivity contribution in [1.82, 2.24) is 20.2 Å². The van der Waals surface area contributed by atoms with Crippen LogP contribution in [-0.2, 0) is 6.54 Å². The first-order chi connectivity index (χ1) is 23.3. The third-order valence-corrected chi connectivity index (χ3v) is 7.58. The van der Waals surface area contributed by atoms with E-state index >= 15 is 0 Å². The van der Waals surface area contributed by atoms with E-state index in [2.05, 4.69) is 20.9 Å². The van der Waals surface area contributed by atoms with Gasteiger partial charge in [-0.2, -0.15) is 4.98 Å². The Balaban J connectivity index is 0.00000101. The van der Waals surface area contributed by atoms with Crippen LogP contribution in [-0.4, -0.2) is 59.8 Å². The van der Waals surface area contributed by atoms with Gasteiger partial charge in [-0.1, -0.05) is 18.2 Å². The number of nitrogens with zero attached hydrogens (tertiary/aromatic N) is 4. The molecule has 1 aromatic heterocycles. The zero-order valence-corrected chi connectivity index (χ0v) is 28.3. The summed E-state index contributed by atoms with van der Waals surface area (Å²) in [7, 11) is 3.82. The fourth-order valence-electron chi connectivity index (χ4n) is 4.77. The van der Waals surface area contributed by atoms with Crippen LogP contribution in [0.1, 0.15) is 52.6 Å². The van der Waals surface area contributed by atoms with E-state index < -0.39 is 29.3 Å². The Morgan fingerprint density at radius 1 is 1.02 bits per heavy atom. The number of anilines is 4. The van der Waals surface area contributed by atoms with E-state index in [1.54, 1.807) is 42.5 Å². The molecule has 2 heterocycles. The topological polar surface area (TPSA) is 146 Å². The first-order valence-corrected chi connectivity index (χ1v) is 15.5. The molecule has 13 heteroatoms. The highest BCUT2D eigenvalue weighted by Crippen LogP contribution is 2.39. The minimum Gasteiger partial charge on any atom is -0.403 e. The standard InChI is InChI=1S/C32H31F2N7O3.C4H9N/c1-18-8-9-21(30(43)37-22-12-10-20(11-13-22)19(2)42)16-23(18)27-24-17-36-32(44)41(28-25(33)6-5-7-26(28)34)29(24)39-31(38-27)35-14-15-40(3)4;1-3-4(2)5/h5-13,16H,14-15,17H2,1-4H3,(H,36,44)(H,37,43)(H,35,38,39);3H,5H2,1-2H3/b;4-3+. The third kappa shape index (κ3) is 8.82. The molecule has 0 atom stereocenters. The predicted octanol–water partition coefficient (Wildman–Crippen LogP) is 6.39. The molecule has 0 spiro atoms. The smallest absolute Gasteiger partial charge is 0.328 e. The van der Waals surface area contributed by atoms with Crippen LogP contribution in [0.15, 0.2) is 72.4 Å². The molecule has 3 amide bonds. The van der Waals surface area contributed by atoms with Gasteiger partial charge in [0.25, 0.3) is 5.91 Å². The summed E-state index contributed by atoms with van der Waals surface area (Å²) < 4.78 is 30.0. The van der Waals surface area contributed by atoms with Gasteiger partial charge in [-0.25, -0.2) is 23.5 Å². The van der Waals surface area contributed by atoms with Gasteiger partial charge >= 0.3 is 6.03 Å². The number of hydrogen-bond donors (Lipinski definition) is 4. The summed E-state index contributed by atoms with van der Waals surface area (Å²) in [6.07, 6.45) is 1.86. The molecule has 4 aromatic rings. The molecule has 1 aliphatic rings. The number of allylic oxidation sites excluding steroid dienone is 2. The van der Waals surface area contributed by atoms with Crippen molar-refractivity contribution in [2.24, 2.45) is 5.73 Å². The summed E-state index contributed by atoms with van der Waals surface area (Å²) in [5.74, 6) is -2.16. The minimum absolute atomic E-state index is 0.00753. The first kappa shape index (κ1) is 36.2. The maximum atomic E-state index is 15.0. The van der Waals surface area contributed by atoms with Crippen molar-refractivity contribution in [2.75, 3.05) is 42.7 Å². The third-order valence-electron chi connectivity index (χ3n) is 7.58. The molecule has 0 saturated heterocycles. The number of carbonyl (C=O) groups is 3. The van der Waals surface area contributed by atoms with E-state index in [9.17, 15) is 23.2 Å². The summed E-state index contributed by atoms with van der Waals surface area (Å²) >= 11 is 0. The number of likely N-dealkylation sites (N-methyl/N-ethyl adjacent to an activating group) is 1. The molecule has 0 radical (unpaired) electrons. The van der Waals surface area contributed by atoms with E-state index in [4.69, 9.17) is 10.7 Å². The van der Waals surface area contributed by atoms with Crippen molar-refractivity contribution in [2.45, 2.75) is 34.2 Å². The predicted molar refractivity (Wildman–Crippen MR) is 188 cm³/mol. The zero-order valence-electron chi connectivity index (χ0n) is 28.3. The molecular formula is C36H40F2N8O3. The Morgan fingerprint density at radius 2 is 1.65 bits per heavy atom. The molecule has 5 rings (SSSR count). The zero-order chi connectivity index (χ0) is 35.8. The summed E-state index contributed by atoms with van der Waals surface area (Å²) in [5, 5.41) is 8.65. The number of nitrogens with one attached hydrogen (secondary N) is 3. The second-order valence-corrected chi connectivity index (χ2v) is 11.6. The lowest BCUT2D eigenvalue weighted by molar-refractivity contribution is 0.101. The van der Waals surface area contributed by atoms with Gasteiger partial charge in [0.2, 0.25) is 5.95 Å². The lowest BCUT2D eigenvalue weighted by Gasteiger charge is -2.31. The highest BCUT2D eigenvalue weighted by molar-refractivity contribution is 6.06. The monoisotopic (exact) mass is 670 g/mol. The molecule has 0 aliphatic carbocycles. The number of aryl methyl sites for hydroxylation is 1. The lowest BCUT2D eigenvalue weighted by atomic mass is 9.97. The van der Waals surface area contributed by atoms with Crippen LogP contribution in [0.25, 0.3) is 11.3 Å². The molecule has 0 saturated carbocycles. The SMILES string of the molecule is C/C=C(\C)N.CC(=O)c1ccc(NC(=O)c2ccc(C)c(-c3nc(NCCN(C)C)nc4c3CNC(=O)N4c3c(F)cccc3F)c2)cc1. The minimum atomic E-state index is -0.929. The highest BCUT2D eigenvalue weighted by atomic mass is 19.1. The molecule has 11 nitrogen and oxygen atoms in total. The second-order valence-electron chi connectivity index (χ2n) is 11.6. The van der Waals surface area contributed by atoms with Crippen molar-refractivity contribution in [3.63, 3.8) is 0 Å². The Kier molecular flexibility index (Phi) is 11.8. The summed E-state index contributed by atoms with van der Waals surface area (Å²) in [5.41, 5.74) is 9.00. The molecule has 1 aliphatic heterocycles. The number of carbonyl (C=O) groups excluding carboxylic acids is 3. The Hall–Kier alpha value is -5.69. The van der Waals surface area contributed by atoms with Gasteiger partial charge in [-0.15, -0.1) is 0 Å². The van der Waals surface area contributed by atoms with E-state index in [0.717, 1.165) is 28.3 Å². The average Bonchev–Trinajstić information content (AvgIpc) is 3.05. The van der Waals surface area contributed by atoms with E-state index in [0.29, 0.717) is 46.7 Å². The summed E-state index contributed by atoms with van der Waals surface area (Å²) in [4.78, 5) is 50.1. The molecule has 49 heavy (non-hydrogen) atoms. The molecule has 0 fully saturated rings. The number of rotatable bonds is 9. The Bertz CT molecular complexity index is 1870. The Morgan fingerprint density at radius 3 is 2.24 bits per heavy atom. The number of amides is 3. The lowest BCUT2D eigenvalue weighted by Crippen LogP contribution is -2.43. The molecule has 0 bridgehead atoms. The number of ketones is 1. The van der Waals surface area contributed by atoms with Crippen LogP contribution < -0.4 is 26.6 Å². The van der Waals surface area contributed by atoms with Crippen LogP contribution in [0.5, 0.6) is 0 Å². The van der Waals surface area contributed by atoms with Crippen LogP contribution >= 0.6 is 0 Å². The van der Waals surface area contributed by atoms with Gasteiger partial charge in [0.15, 0.2) is 11.6 Å². The van der Waals surface area contributed by atoms with Crippen LogP contribution in [0.3, 0.4) is 0 Å². The van der Waals surface area contributed by atoms with Gasteiger partial charge in [0.05, 0.1) is 12.2 Å². The molecule has 3 aromatic carbocycles. The number of para-hydroxylation sites is 1. The van der Waals surface area contributed by atoms with Crippen LogP contribution in [0.4, 0.5) is 36.7 Å². The van der Waals surface area contributed by atoms with Gasteiger partial charge in [-0.3, -0.25) is 9.59 Å². The van der Waals surface area contributed by atoms with E-state index in [1.165, 1.54) is 13.0 Å². The molecular weight excluding hydrogens is 630 g/mol. The van der Waals surface area contributed by atoms with Gasteiger partial charge in [0.1, 0.15) is 17.3 Å². The van der Waals surface area contributed by atoms with E-state index in [1.807, 2.05) is 45.8 Å². The Labute approximate surface area is 284 Å². The van der Waals surface area contributed by atoms with Crippen molar-refractivity contribution in [3.8, 4) is 11.3 Å². The molecule has 5 N–H and O–H groups in total. The maximum absolute atomic E-state index is 15.0. The van der Waals surface area contributed by atoms with Crippen molar-refractivity contribution < 1.29 is 23.2 Å². The average molecular weight is 671 g/mol. The van der Waals surface area contributed by atoms with Crippen molar-refractivity contribution >= 4 is 40.9 Å². The second kappa shape index (κ2) is 15.9. The number of fused-ring (bicyclic) bond motifs is 1.